The molecule has 0 bridgehead atoms. The Labute approximate surface area is 200 Å². The van der Waals surface area contributed by atoms with Gasteiger partial charge in [0, 0.05) is 44.3 Å². The molecule has 34 heavy (non-hydrogen) atoms. The van der Waals surface area contributed by atoms with Crippen LogP contribution in [-0.2, 0) is 22.5 Å². The average Bonchev–Trinajstić information content (AvgIpc) is 3.38. The van der Waals surface area contributed by atoms with Crippen LogP contribution in [0.4, 0.5) is 4.39 Å². The van der Waals surface area contributed by atoms with E-state index in [0.717, 1.165) is 30.5 Å². The zero-order valence-electron chi connectivity index (χ0n) is 19.6. The van der Waals surface area contributed by atoms with Crippen molar-refractivity contribution in [1.82, 2.24) is 14.9 Å². The summed E-state index contributed by atoms with van der Waals surface area (Å²) >= 11 is 0. The first-order valence-corrected chi connectivity index (χ1v) is 11.8. The van der Waals surface area contributed by atoms with Crippen molar-refractivity contribution in [2.45, 2.75) is 38.6 Å². The summed E-state index contributed by atoms with van der Waals surface area (Å²) in [4.78, 5) is 17.4. The van der Waals surface area contributed by atoms with E-state index < -0.39 is 5.41 Å². The van der Waals surface area contributed by atoms with Crippen LogP contribution in [0.5, 0.6) is 5.75 Å². The number of benzene rings is 2. The molecule has 0 radical (unpaired) electrons. The molecule has 1 aromatic heterocycles. The predicted octanol–water partition coefficient (Wildman–Crippen LogP) is 4.63. The predicted molar refractivity (Wildman–Crippen MR) is 129 cm³/mol. The van der Waals surface area contributed by atoms with Gasteiger partial charge in [0.25, 0.3) is 0 Å². The van der Waals surface area contributed by atoms with E-state index in [1.54, 1.807) is 19.4 Å². The minimum Gasteiger partial charge on any atom is -0.496 e. The van der Waals surface area contributed by atoms with E-state index in [1.807, 2.05) is 41.4 Å². The van der Waals surface area contributed by atoms with Gasteiger partial charge in [0.05, 0.1) is 18.9 Å². The van der Waals surface area contributed by atoms with Crippen molar-refractivity contribution in [3.63, 3.8) is 0 Å². The molecule has 2 aromatic carbocycles. The van der Waals surface area contributed by atoms with Crippen molar-refractivity contribution in [3.8, 4) is 16.9 Å². The molecule has 4 rings (SSSR count). The summed E-state index contributed by atoms with van der Waals surface area (Å²) in [6, 6.07) is 12.5. The third-order valence-corrected chi connectivity index (χ3v) is 6.56. The number of ether oxygens (including phenoxy) is 2. The van der Waals surface area contributed by atoms with Gasteiger partial charge in [-0.2, -0.15) is 0 Å². The Bertz CT molecular complexity index is 1080. The second-order valence-electron chi connectivity index (χ2n) is 8.88. The van der Waals surface area contributed by atoms with E-state index in [4.69, 9.17) is 9.47 Å². The molecule has 1 aliphatic rings. The number of hydrogen-bond acceptors (Lipinski definition) is 4. The zero-order valence-corrected chi connectivity index (χ0v) is 19.6. The molecule has 2 heterocycles. The van der Waals surface area contributed by atoms with Crippen LogP contribution >= 0.6 is 0 Å². The summed E-state index contributed by atoms with van der Waals surface area (Å²) in [5.41, 5.74) is 2.11. The first kappa shape index (κ1) is 24.0. The standard InChI is InChI=1S/C27H32FN3O3/c1-33-25-8-7-23(28)18-24(25)22-6-4-5-21(17-22)19-27(9-15-34-16-10-27)26(32)30-11-2-3-13-31-14-12-29-20-31/h4-8,12,14,17-18,20H,2-3,9-11,13,15-16,19H2,1H3,(H,30,32). The highest BCUT2D eigenvalue weighted by Crippen LogP contribution is 2.37. The highest BCUT2D eigenvalue weighted by molar-refractivity contribution is 5.83. The number of rotatable bonds is 10. The summed E-state index contributed by atoms with van der Waals surface area (Å²) < 4.78 is 27.0. The Morgan fingerprint density at radius 3 is 2.82 bits per heavy atom. The highest BCUT2D eigenvalue weighted by Gasteiger charge is 2.40. The Hall–Kier alpha value is -3.19. The maximum absolute atomic E-state index is 13.9. The molecule has 1 aliphatic heterocycles. The van der Waals surface area contributed by atoms with Gasteiger partial charge in [0.1, 0.15) is 11.6 Å². The Morgan fingerprint density at radius 1 is 1.21 bits per heavy atom. The number of imidazole rings is 1. The molecule has 6 nitrogen and oxygen atoms in total. The molecular formula is C27H32FN3O3. The monoisotopic (exact) mass is 465 g/mol. The smallest absolute Gasteiger partial charge is 0.226 e. The number of hydrogen-bond donors (Lipinski definition) is 1. The lowest BCUT2D eigenvalue weighted by molar-refractivity contribution is -0.136. The van der Waals surface area contributed by atoms with Gasteiger partial charge in [0.2, 0.25) is 5.91 Å². The van der Waals surface area contributed by atoms with E-state index in [1.165, 1.54) is 12.1 Å². The number of nitrogens with one attached hydrogen (secondary N) is 1. The fraction of sp³-hybridized carbons (Fsp3) is 0.407. The fourth-order valence-electron chi connectivity index (χ4n) is 4.62. The van der Waals surface area contributed by atoms with E-state index >= 15 is 0 Å². The van der Waals surface area contributed by atoms with Gasteiger partial charge in [-0.1, -0.05) is 24.3 Å². The first-order valence-electron chi connectivity index (χ1n) is 11.8. The van der Waals surface area contributed by atoms with Crippen LogP contribution in [0.1, 0.15) is 31.2 Å². The van der Waals surface area contributed by atoms with Gasteiger partial charge >= 0.3 is 0 Å². The van der Waals surface area contributed by atoms with Crippen LogP contribution < -0.4 is 10.1 Å². The van der Waals surface area contributed by atoms with Crippen LogP contribution in [0.3, 0.4) is 0 Å². The van der Waals surface area contributed by atoms with Gasteiger partial charge in [-0.15, -0.1) is 0 Å². The number of carbonyl (C=O) groups is 1. The average molecular weight is 466 g/mol. The number of halogens is 1. The molecule has 1 amide bonds. The van der Waals surface area contributed by atoms with Crippen molar-refractivity contribution in [2.75, 3.05) is 26.9 Å². The first-order chi connectivity index (χ1) is 16.6. The maximum atomic E-state index is 13.9. The van der Waals surface area contributed by atoms with Crippen molar-refractivity contribution in [3.05, 3.63) is 72.6 Å². The minimum absolute atomic E-state index is 0.0900. The summed E-state index contributed by atoms with van der Waals surface area (Å²) in [5, 5.41) is 3.18. The van der Waals surface area contributed by atoms with Crippen molar-refractivity contribution in [2.24, 2.45) is 5.41 Å². The molecule has 0 saturated carbocycles. The van der Waals surface area contributed by atoms with E-state index in [9.17, 15) is 9.18 Å². The number of amides is 1. The molecule has 7 heteroatoms. The molecular weight excluding hydrogens is 433 g/mol. The number of unbranched alkanes of at least 4 members (excludes halogenated alkanes) is 1. The van der Waals surface area contributed by atoms with Crippen molar-refractivity contribution >= 4 is 5.91 Å². The van der Waals surface area contributed by atoms with E-state index in [-0.39, 0.29) is 11.7 Å². The van der Waals surface area contributed by atoms with Gasteiger partial charge in [-0.3, -0.25) is 4.79 Å². The molecule has 1 saturated heterocycles. The van der Waals surface area contributed by atoms with Gasteiger partial charge < -0.3 is 19.4 Å². The van der Waals surface area contributed by atoms with Gasteiger partial charge in [-0.25, -0.2) is 9.37 Å². The van der Waals surface area contributed by atoms with Crippen molar-refractivity contribution in [1.29, 1.82) is 0 Å². The maximum Gasteiger partial charge on any atom is 0.226 e. The lowest BCUT2D eigenvalue weighted by Gasteiger charge is -2.36. The van der Waals surface area contributed by atoms with E-state index in [0.29, 0.717) is 50.3 Å². The summed E-state index contributed by atoms with van der Waals surface area (Å²) in [6.45, 7) is 2.69. The minimum atomic E-state index is -0.507. The highest BCUT2D eigenvalue weighted by atomic mass is 19.1. The quantitative estimate of drug-likeness (QED) is 0.443. The molecule has 0 unspecified atom stereocenters. The molecule has 1 fully saturated rings. The van der Waals surface area contributed by atoms with Gasteiger partial charge in [-0.05, 0) is 61.4 Å². The van der Waals surface area contributed by atoms with Gasteiger partial charge in [0.15, 0.2) is 0 Å². The summed E-state index contributed by atoms with van der Waals surface area (Å²) in [6.07, 6.45) is 9.39. The zero-order chi connectivity index (χ0) is 23.8. The number of nitrogens with zero attached hydrogens (tertiary/aromatic N) is 2. The summed E-state index contributed by atoms with van der Waals surface area (Å²) in [5.74, 6) is 0.398. The van der Waals surface area contributed by atoms with Crippen LogP contribution in [0.15, 0.2) is 61.2 Å². The topological polar surface area (TPSA) is 65.4 Å². The van der Waals surface area contributed by atoms with Crippen molar-refractivity contribution < 1.29 is 18.7 Å². The third-order valence-electron chi connectivity index (χ3n) is 6.56. The summed E-state index contributed by atoms with van der Waals surface area (Å²) in [7, 11) is 1.58. The SMILES string of the molecule is COc1ccc(F)cc1-c1cccc(CC2(C(=O)NCCCCn3ccnc3)CCOCC2)c1. The van der Waals surface area contributed by atoms with Crippen LogP contribution in [0.25, 0.3) is 11.1 Å². The number of methoxy groups -OCH3 is 1. The lowest BCUT2D eigenvalue weighted by Crippen LogP contribution is -2.46. The Morgan fingerprint density at radius 2 is 2.06 bits per heavy atom. The molecule has 0 aliphatic carbocycles. The Kier molecular flexibility index (Phi) is 7.95. The molecule has 3 aromatic rings. The van der Waals surface area contributed by atoms with E-state index in [2.05, 4.69) is 10.3 Å². The molecule has 1 N–H and O–H groups in total. The molecule has 0 spiro atoms. The normalized spacial score (nSPS) is 15.1. The number of aryl methyl sites for hydroxylation is 1. The van der Waals surface area contributed by atoms with Crippen LogP contribution in [0, 0.1) is 11.2 Å². The molecule has 180 valence electrons. The number of carbonyl (C=O) groups excluding carboxylic acids is 1. The lowest BCUT2D eigenvalue weighted by atomic mass is 9.74. The fourth-order valence-corrected chi connectivity index (χ4v) is 4.62. The number of aromatic nitrogens is 2. The Balaban J connectivity index is 1.44. The largest absolute Gasteiger partial charge is 0.496 e. The second-order valence-corrected chi connectivity index (χ2v) is 8.88. The van der Waals surface area contributed by atoms with Crippen LogP contribution in [-0.4, -0.2) is 42.3 Å². The van der Waals surface area contributed by atoms with Crippen LogP contribution in [0.2, 0.25) is 0 Å². The third kappa shape index (κ3) is 5.83. The second kappa shape index (κ2) is 11.3. The molecule has 0 atom stereocenters.